The lowest BCUT2D eigenvalue weighted by molar-refractivity contribution is -0.416. The van der Waals surface area contributed by atoms with Gasteiger partial charge in [-0.15, -0.1) is 0 Å². The fourth-order valence-corrected chi connectivity index (χ4v) is 3.56. The number of aromatic nitrogens is 1. The van der Waals surface area contributed by atoms with Crippen molar-refractivity contribution in [3.8, 4) is 0 Å². The van der Waals surface area contributed by atoms with Crippen molar-refractivity contribution in [3.63, 3.8) is 0 Å². The van der Waals surface area contributed by atoms with Crippen molar-refractivity contribution >= 4 is 28.4 Å². The Balaban J connectivity index is 2.79. The van der Waals surface area contributed by atoms with E-state index in [4.69, 9.17) is 0 Å². The van der Waals surface area contributed by atoms with E-state index in [1.165, 1.54) is 13.3 Å². The second kappa shape index (κ2) is 6.80. The highest BCUT2D eigenvalue weighted by atomic mass is 32.2. The zero-order valence-corrected chi connectivity index (χ0v) is 11.8. The number of hydrogen-bond donors (Lipinski definition) is 0. The van der Waals surface area contributed by atoms with Crippen molar-refractivity contribution < 1.29 is 22.1 Å². The number of rotatable bonds is 5. The van der Waals surface area contributed by atoms with Crippen LogP contribution in [0.5, 0.6) is 0 Å². The summed E-state index contributed by atoms with van der Waals surface area (Å²) in [6.07, 6.45) is -1.72. The molecule has 0 bridgehead atoms. The van der Waals surface area contributed by atoms with Crippen LogP contribution in [0.15, 0.2) is 16.2 Å². The molecule has 1 heterocycles. The summed E-state index contributed by atoms with van der Waals surface area (Å²) in [5, 5.41) is 10.9. The van der Waals surface area contributed by atoms with Gasteiger partial charge < -0.3 is 5.21 Å². The van der Waals surface area contributed by atoms with Gasteiger partial charge in [-0.2, -0.15) is 8.78 Å². The molecule has 1 unspecified atom stereocenters. The highest BCUT2D eigenvalue weighted by Crippen LogP contribution is 2.21. The Hall–Kier alpha value is -1.22. The fraction of sp³-hybridized carbons (Fsp3) is 0.400. The summed E-state index contributed by atoms with van der Waals surface area (Å²) in [4.78, 5) is 4.52. The van der Waals surface area contributed by atoms with Gasteiger partial charge in [0.05, 0.1) is 16.5 Å². The molecule has 1 atom stereocenters. The Kier molecular flexibility index (Phi) is 5.67. The number of thiazole rings is 1. The molecule has 0 amide bonds. The SMILES string of the molecule is Cc1nc(S(=O)CCC(F)=C(F)F)sc1/C=[N+](/C)[O-]. The maximum absolute atomic E-state index is 12.6. The van der Waals surface area contributed by atoms with Gasteiger partial charge in [-0.05, 0) is 6.92 Å². The molecular weight excluding hydrogens is 301 g/mol. The van der Waals surface area contributed by atoms with Crippen LogP contribution in [0, 0.1) is 12.1 Å². The zero-order valence-electron chi connectivity index (χ0n) is 10.2. The third kappa shape index (κ3) is 4.75. The van der Waals surface area contributed by atoms with E-state index in [9.17, 15) is 22.6 Å². The van der Waals surface area contributed by atoms with E-state index in [0.29, 0.717) is 15.3 Å². The van der Waals surface area contributed by atoms with Crippen LogP contribution < -0.4 is 0 Å². The van der Waals surface area contributed by atoms with Crippen LogP contribution >= 0.6 is 11.3 Å². The van der Waals surface area contributed by atoms with Crippen LogP contribution in [0.4, 0.5) is 13.2 Å². The highest BCUT2D eigenvalue weighted by Gasteiger charge is 2.15. The Morgan fingerprint density at radius 3 is 2.68 bits per heavy atom. The summed E-state index contributed by atoms with van der Waals surface area (Å²) in [5.41, 5.74) is 0.517. The highest BCUT2D eigenvalue weighted by molar-refractivity contribution is 7.87. The van der Waals surface area contributed by atoms with Gasteiger partial charge in [0.1, 0.15) is 11.9 Å². The van der Waals surface area contributed by atoms with Gasteiger partial charge in [-0.25, -0.2) is 14.1 Å². The van der Waals surface area contributed by atoms with Gasteiger partial charge >= 0.3 is 6.08 Å². The van der Waals surface area contributed by atoms with Gasteiger partial charge in [0.15, 0.2) is 16.4 Å². The third-order valence-corrected chi connectivity index (χ3v) is 4.77. The summed E-state index contributed by atoms with van der Waals surface area (Å²) in [6, 6.07) is 0. The molecular formula is C10H11F3N2O2S2. The first-order valence-electron chi connectivity index (χ1n) is 5.11. The molecule has 0 aliphatic rings. The van der Waals surface area contributed by atoms with Gasteiger partial charge in [-0.1, -0.05) is 11.3 Å². The molecule has 0 saturated heterocycles. The van der Waals surface area contributed by atoms with Crippen molar-refractivity contribution in [2.24, 2.45) is 0 Å². The van der Waals surface area contributed by atoms with Crippen molar-refractivity contribution in [3.05, 3.63) is 27.7 Å². The van der Waals surface area contributed by atoms with Crippen molar-refractivity contribution in [2.45, 2.75) is 17.7 Å². The summed E-state index contributed by atoms with van der Waals surface area (Å²) in [7, 11) is -0.374. The van der Waals surface area contributed by atoms with Crippen LogP contribution in [0.3, 0.4) is 0 Å². The lowest BCUT2D eigenvalue weighted by Gasteiger charge is -1.96. The Labute approximate surface area is 114 Å². The van der Waals surface area contributed by atoms with Gasteiger partial charge in [0.2, 0.25) is 0 Å². The molecule has 0 aromatic carbocycles. The standard InChI is InChI=1S/C10H11F3N2O2S2/c1-6-8(5-15(2)16)18-10(14-6)19(17)4-3-7(11)9(12)13/h5H,3-4H2,1-2H3/b15-5-. The number of hydrogen-bond acceptors (Lipinski definition) is 4. The normalized spacial score (nSPS) is 13.4. The van der Waals surface area contributed by atoms with E-state index in [2.05, 4.69) is 4.98 Å². The maximum atomic E-state index is 12.6. The van der Waals surface area contributed by atoms with Crippen molar-refractivity contribution in [2.75, 3.05) is 12.8 Å². The first kappa shape index (κ1) is 15.8. The van der Waals surface area contributed by atoms with E-state index < -0.39 is 29.1 Å². The molecule has 0 spiro atoms. The molecule has 1 rings (SSSR count). The second-order valence-corrected chi connectivity index (χ2v) is 6.34. The number of hydroxylamine groups is 1. The molecule has 9 heteroatoms. The average Bonchev–Trinajstić information content (AvgIpc) is 2.66. The summed E-state index contributed by atoms with van der Waals surface area (Å²) in [6.45, 7) is 1.63. The lowest BCUT2D eigenvalue weighted by atomic mass is 10.4. The summed E-state index contributed by atoms with van der Waals surface area (Å²) in [5.74, 6) is -1.84. The van der Waals surface area contributed by atoms with E-state index in [1.807, 2.05) is 0 Å². The molecule has 0 aliphatic carbocycles. The molecule has 4 nitrogen and oxygen atoms in total. The molecule has 0 N–H and O–H groups in total. The topological polar surface area (TPSA) is 56.0 Å². The third-order valence-electron chi connectivity index (χ3n) is 2.02. The second-order valence-electron chi connectivity index (χ2n) is 3.57. The Bertz CT molecular complexity index is 547. The molecule has 0 saturated carbocycles. The fourth-order valence-electron chi connectivity index (χ4n) is 1.13. The van der Waals surface area contributed by atoms with Crippen LogP contribution in [0.25, 0.3) is 0 Å². The smallest absolute Gasteiger partial charge is 0.301 e. The molecule has 0 aliphatic heterocycles. The van der Waals surface area contributed by atoms with E-state index >= 15 is 0 Å². The summed E-state index contributed by atoms with van der Waals surface area (Å²) >= 11 is 1.02. The minimum absolute atomic E-state index is 0.192. The van der Waals surface area contributed by atoms with Crippen LogP contribution in [0.2, 0.25) is 0 Å². The quantitative estimate of drug-likeness (QED) is 0.363. The first-order valence-corrected chi connectivity index (χ1v) is 7.25. The minimum atomic E-state index is -2.39. The largest absolute Gasteiger partial charge is 0.624 e. The molecule has 1 aromatic heterocycles. The number of halogens is 3. The van der Waals surface area contributed by atoms with E-state index in [1.54, 1.807) is 6.92 Å². The van der Waals surface area contributed by atoms with Crippen LogP contribution in [-0.4, -0.2) is 32.9 Å². The Morgan fingerprint density at radius 1 is 1.53 bits per heavy atom. The predicted molar refractivity (Wildman–Crippen MR) is 67.8 cm³/mol. The zero-order chi connectivity index (χ0) is 14.6. The first-order chi connectivity index (χ1) is 8.81. The summed E-state index contributed by atoms with van der Waals surface area (Å²) < 4.78 is 48.8. The average molecular weight is 312 g/mol. The Morgan fingerprint density at radius 2 is 2.16 bits per heavy atom. The molecule has 19 heavy (non-hydrogen) atoms. The molecule has 1 aromatic rings. The number of allylic oxidation sites excluding steroid dienone is 1. The van der Waals surface area contributed by atoms with Crippen LogP contribution in [0.1, 0.15) is 17.0 Å². The monoisotopic (exact) mass is 312 g/mol. The molecule has 0 fully saturated rings. The van der Waals surface area contributed by atoms with Gasteiger partial charge in [0.25, 0.3) is 0 Å². The molecule has 0 radical (unpaired) electrons. The predicted octanol–water partition coefficient (Wildman–Crippen LogP) is 2.59. The number of aryl methyl sites for hydroxylation is 1. The number of nitrogens with zero attached hydrogens (tertiary/aromatic N) is 2. The maximum Gasteiger partial charge on any atom is 0.301 e. The van der Waals surface area contributed by atoms with Crippen molar-refractivity contribution in [1.82, 2.24) is 4.98 Å². The lowest BCUT2D eigenvalue weighted by Crippen LogP contribution is -1.98. The van der Waals surface area contributed by atoms with E-state index in [-0.39, 0.29) is 10.1 Å². The van der Waals surface area contributed by atoms with Gasteiger partial charge in [-0.3, -0.25) is 4.21 Å². The van der Waals surface area contributed by atoms with Gasteiger partial charge in [0, 0.05) is 12.2 Å². The van der Waals surface area contributed by atoms with Crippen molar-refractivity contribution in [1.29, 1.82) is 0 Å². The van der Waals surface area contributed by atoms with Crippen LogP contribution in [-0.2, 0) is 10.8 Å². The molecule has 106 valence electrons. The minimum Gasteiger partial charge on any atom is -0.624 e. The van der Waals surface area contributed by atoms with E-state index in [0.717, 1.165) is 11.3 Å².